The van der Waals surface area contributed by atoms with E-state index >= 15 is 0 Å². The highest BCUT2D eigenvalue weighted by molar-refractivity contribution is 8.15. The van der Waals surface area contributed by atoms with Crippen molar-refractivity contribution in [3.8, 4) is 11.5 Å². The van der Waals surface area contributed by atoms with Gasteiger partial charge in [-0.15, -0.1) is 0 Å². The van der Waals surface area contributed by atoms with E-state index in [0.29, 0.717) is 30.2 Å². The molecule has 1 N–H and O–H groups in total. The van der Waals surface area contributed by atoms with Crippen molar-refractivity contribution in [3.63, 3.8) is 0 Å². The predicted octanol–water partition coefficient (Wildman–Crippen LogP) is 6.71. The summed E-state index contributed by atoms with van der Waals surface area (Å²) in [5, 5.41) is 2.16. The highest BCUT2D eigenvalue weighted by atomic mass is 32.2. The Morgan fingerprint density at radius 3 is 2.44 bits per heavy atom. The van der Waals surface area contributed by atoms with Gasteiger partial charge in [-0.2, -0.15) is 13.2 Å². The fourth-order valence-corrected chi connectivity index (χ4v) is 5.16. The molecule has 1 fully saturated rings. The lowest BCUT2D eigenvalue weighted by Gasteiger charge is -2.32. The minimum Gasteiger partial charge on any atom is -0.497 e. The van der Waals surface area contributed by atoms with Crippen LogP contribution < -0.4 is 14.8 Å². The minimum atomic E-state index is -4.54. The number of nitrogens with one attached hydrogen (secondary N) is 1. The number of rotatable bonds is 10. The molecule has 41 heavy (non-hydrogen) atoms. The van der Waals surface area contributed by atoms with Crippen LogP contribution in [0.15, 0.2) is 77.8 Å². The molecule has 1 aliphatic rings. The fourth-order valence-electron chi connectivity index (χ4n) is 4.03. The van der Waals surface area contributed by atoms with E-state index in [-0.39, 0.29) is 29.7 Å². The Morgan fingerprint density at radius 2 is 1.78 bits per heavy atom. The van der Waals surface area contributed by atoms with Gasteiger partial charge in [-0.1, -0.05) is 36.9 Å². The largest absolute Gasteiger partial charge is 0.497 e. The van der Waals surface area contributed by atoms with E-state index in [2.05, 4.69) is 10.3 Å². The summed E-state index contributed by atoms with van der Waals surface area (Å²) in [6, 6.07) is 18.8. The van der Waals surface area contributed by atoms with Crippen LogP contribution in [0, 0.1) is 0 Å². The number of hydrogen-bond donors (Lipinski definition) is 1. The summed E-state index contributed by atoms with van der Waals surface area (Å²) >= 11 is 1.05. The first kappa shape index (κ1) is 30.0. The number of carbonyl (C=O) groups excluding carboxylic acids is 2. The van der Waals surface area contributed by atoms with Crippen molar-refractivity contribution in [2.24, 2.45) is 4.99 Å². The van der Waals surface area contributed by atoms with E-state index in [4.69, 9.17) is 9.47 Å². The second kappa shape index (κ2) is 13.6. The highest BCUT2D eigenvalue weighted by Crippen LogP contribution is 2.34. The molecule has 1 aliphatic heterocycles. The second-order valence-corrected chi connectivity index (χ2v) is 10.4. The smallest absolute Gasteiger partial charge is 0.416 e. The number of halogens is 3. The molecule has 0 aliphatic carbocycles. The summed E-state index contributed by atoms with van der Waals surface area (Å²) in [7, 11) is 1.57. The first-order valence-corrected chi connectivity index (χ1v) is 13.9. The number of aliphatic imine (C=N–C) groups is 1. The Balaban J connectivity index is 1.54. The maximum atomic E-state index is 13.3. The number of amidine groups is 1. The zero-order valence-corrected chi connectivity index (χ0v) is 23.4. The van der Waals surface area contributed by atoms with Crippen molar-refractivity contribution in [1.82, 2.24) is 4.90 Å². The Kier molecular flexibility index (Phi) is 9.93. The molecule has 3 aromatic rings. The molecule has 11 heteroatoms. The van der Waals surface area contributed by atoms with Gasteiger partial charge < -0.3 is 14.8 Å². The third kappa shape index (κ3) is 8.26. The lowest BCUT2D eigenvalue weighted by Crippen LogP contribution is -2.46. The van der Waals surface area contributed by atoms with E-state index in [1.807, 2.05) is 31.2 Å². The molecule has 0 aromatic heterocycles. The van der Waals surface area contributed by atoms with Crippen molar-refractivity contribution < 1.29 is 32.2 Å². The summed E-state index contributed by atoms with van der Waals surface area (Å²) < 4.78 is 50.7. The molecule has 1 heterocycles. The number of thioether (sulfide) groups is 1. The maximum absolute atomic E-state index is 13.3. The molecule has 4 rings (SSSR count). The number of methoxy groups -OCH3 is 1. The second-order valence-electron chi connectivity index (χ2n) is 9.26. The van der Waals surface area contributed by atoms with Crippen LogP contribution in [0.3, 0.4) is 0 Å². The third-order valence-corrected chi connectivity index (χ3v) is 7.40. The first-order valence-electron chi connectivity index (χ1n) is 13.1. The molecule has 0 spiro atoms. The van der Waals surface area contributed by atoms with E-state index in [1.54, 1.807) is 31.4 Å². The highest BCUT2D eigenvalue weighted by Gasteiger charge is 2.36. The van der Waals surface area contributed by atoms with Crippen LogP contribution in [0.2, 0.25) is 0 Å². The van der Waals surface area contributed by atoms with Crippen molar-refractivity contribution in [2.45, 2.75) is 37.6 Å². The Bertz CT molecular complexity index is 1380. The van der Waals surface area contributed by atoms with Gasteiger partial charge in [0.15, 0.2) is 5.17 Å². The normalized spacial score (nSPS) is 16.5. The van der Waals surface area contributed by atoms with Crippen LogP contribution in [0.4, 0.5) is 24.5 Å². The van der Waals surface area contributed by atoms with Crippen molar-refractivity contribution in [2.75, 3.05) is 25.6 Å². The van der Waals surface area contributed by atoms with E-state index < -0.39 is 22.9 Å². The van der Waals surface area contributed by atoms with Crippen molar-refractivity contribution in [3.05, 3.63) is 83.9 Å². The summed E-state index contributed by atoms with van der Waals surface area (Å²) in [6.07, 6.45) is -3.29. The number of ether oxygens (including phenoxy) is 2. The van der Waals surface area contributed by atoms with Crippen LogP contribution >= 0.6 is 11.8 Å². The summed E-state index contributed by atoms with van der Waals surface area (Å²) in [5.41, 5.74) is 0.656. The van der Waals surface area contributed by atoms with Crippen LogP contribution in [-0.2, 0) is 22.2 Å². The summed E-state index contributed by atoms with van der Waals surface area (Å²) in [4.78, 5) is 32.3. The number of hydrogen-bond acceptors (Lipinski definition) is 6. The lowest BCUT2D eigenvalue weighted by atomic mass is 10.1. The number of alkyl halides is 3. The lowest BCUT2D eigenvalue weighted by molar-refractivity contribution is -0.137. The van der Waals surface area contributed by atoms with Crippen molar-refractivity contribution >= 4 is 40.1 Å². The zero-order valence-electron chi connectivity index (χ0n) is 22.6. The van der Waals surface area contributed by atoms with Gasteiger partial charge in [-0.25, -0.2) is 4.99 Å². The number of anilines is 1. The fraction of sp³-hybridized carbons (Fsp3) is 0.300. The molecule has 1 saturated heterocycles. The van der Waals surface area contributed by atoms with Crippen molar-refractivity contribution in [1.29, 1.82) is 0 Å². The maximum Gasteiger partial charge on any atom is 0.416 e. The van der Waals surface area contributed by atoms with E-state index in [0.717, 1.165) is 35.9 Å². The number of amides is 2. The zero-order chi connectivity index (χ0) is 29.4. The van der Waals surface area contributed by atoms with Crippen LogP contribution in [0.5, 0.6) is 11.5 Å². The van der Waals surface area contributed by atoms with Gasteiger partial charge in [0.05, 0.1) is 25.0 Å². The first-order chi connectivity index (χ1) is 19.7. The number of carbonyl (C=O) groups is 2. The number of nitrogens with zero attached hydrogens (tertiary/aromatic N) is 2. The average Bonchev–Trinajstić information content (AvgIpc) is 2.96. The predicted molar refractivity (Wildman–Crippen MR) is 154 cm³/mol. The standard InChI is InChI=1S/C30H30F3N3O4S/c1-3-17-40-25-13-9-22(10-14-25)34-28(38)26-19-27(37)36(16-15-20-7-11-24(39-2)12-8-20)29(41-26)35-23-6-4-5-21(18-23)30(31,32)33/h4-14,18,26H,3,15-17,19H2,1-2H3,(H,34,38). The number of benzene rings is 3. The molecule has 1 unspecified atom stereocenters. The molecule has 7 nitrogen and oxygen atoms in total. The van der Waals surface area contributed by atoms with Gasteiger partial charge in [0.1, 0.15) is 16.7 Å². The van der Waals surface area contributed by atoms with Gasteiger partial charge in [-0.3, -0.25) is 14.5 Å². The van der Waals surface area contributed by atoms with Crippen LogP contribution in [-0.4, -0.2) is 47.4 Å². The van der Waals surface area contributed by atoms with Gasteiger partial charge in [0.25, 0.3) is 0 Å². The molecular formula is C30H30F3N3O4S. The van der Waals surface area contributed by atoms with Gasteiger partial charge in [0.2, 0.25) is 11.8 Å². The quantitative estimate of drug-likeness (QED) is 0.286. The average molecular weight is 586 g/mol. The van der Waals surface area contributed by atoms with Crippen LogP contribution in [0.1, 0.15) is 30.9 Å². The topological polar surface area (TPSA) is 80.2 Å². The molecule has 0 bridgehead atoms. The molecule has 0 saturated carbocycles. The monoisotopic (exact) mass is 585 g/mol. The van der Waals surface area contributed by atoms with Gasteiger partial charge in [-0.05, 0) is 73.0 Å². The molecule has 0 radical (unpaired) electrons. The van der Waals surface area contributed by atoms with Gasteiger partial charge >= 0.3 is 6.18 Å². The van der Waals surface area contributed by atoms with Gasteiger partial charge in [0, 0.05) is 18.7 Å². The SMILES string of the molecule is CCCOc1ccc(NC(=O)C2CC(=O)N(CCc3ccc(OC)cc3)C(=Nc3cccc(C(F)(F)F)c3)S2)cc1. The van der Waals surface area contributed by atoms with E-state index in [9.17, 15) is 22.8 Å². The molecular weight excluding hydrogens is 555 g/mol. The molecule has 2 amide bonds. The Morgan fingerprint density at radius 1 is 1.07 bits per heavy atom. The van der Waals surface area contributed by atoms with Crippen LogP contribution in [0.25, 0.3) is 0 Å². The summed E-state index contributed by atoms with van der Waals surface area (Å²) in [6.45, 7) is 2.82. The summed E-state index contributed by atoms with van der Waals surface area (Å²) in [5.74, 6) is 0.626. The third-order valence-electron chi connectivity index (χ3n) is 6.21. The molecule has 3 aromatic carbocycles. The Labute approximate surface area is 240 Å². The van der Waals surface area contributed by atoms with E-state index in [1.165, 1.54) is 17.0 Å². The Hall–Kier alpha value is -3.99. The molecule has 1 atom stereocenters. The molecule has 216 valence electrons. The minimum absolute atomic E-state index is 0.0355.